The van der Waals surface area contributed by atoms with Crippen LogP contribution in [0, 0.1) is 11.3 Å². The number of ether oxygens (including phenoxy) is 1. The third kappa shape index (κ3) is 3.11. The molecule has 17 heavy (non-hydrogen) atoms. The molecular weight excluding hydrogens is 240 g/mol. The molecule has 1 aliphatic rings. The quantitative estimate of drug-likeness (QED) is 0.880. The van der Waals surface area contributed by atoms with Gasteiger partial charge >= 0.3 is 0 Å². The lowest BCUT2D eigenvalue weighted by Gasteiger charge is -2.10. The highest BCUT2D eigenvalue weighted by molar-refractivity contribution is 7.92. The molecule has 2 rings (SSSR count). The fourth-order valence-electron chi connectivity index (χ4n) is 1.39. The van der Waals surface area contributed by atoms with E-state index in [0.29, 0.717) is 5.75 Å². The van der Waals surface area contributed by atoms with Gasteiger partial charge in [-0.3, -0.25) is 4.72 Å². The zero-order valence-electron chi connectivity index (χ0n) is 9.30. The largest absolute Gasteiger partial charge is 0.489 e. The topological polar surface area (TPSA) is 79.2 Å². The highest BCUT2D eigenvalue weighted by atomic mass is 32.2. The summed E-state index contributed by atoms with van der Waals surface area (Å²) in [4.78, 5) is 0. The van der Waals surface area contributed by atoms with Crippen LogP contribution in [0.15, 0.2) is 18.2 Å². The van der Waals surface area contributed by atoms with E-state index in [1.54, 1.807) is 18.2 Å². The standard InChI is InChI=1S/C11H12N2O3S/c1-17(14,15)13-10-3-2-4-11(9(10)7-12)16-8-5-6-8/h2-4,8,13H,5-6H2,1H3. The van der Waals surface area contributed by atoms with Gasteiger partial charge in [0, 0.05) is 0 Å². The molecule has 0 aliphatic heterocycles. The minimum atomic E-state index is -3.40. The Morgan fingerprint density at radius 2 is 2.18 bits per heavy atom. The molecule has 1 aromatic carbocycles. The minimum Gasteiger partial charge on any atom is -0.489 e. The number of sulfonamides is 1. The van der Waals surface area contributed by atoms with Crippen LogP contribution < -0.4 is 9.46 Å². The number of benzene rings is 1. The van der Waals surface area contributed by atoms with Gasteiger partial charge in [0.2, 0.25) is 10.0 Å². The van der Waals surface area contributed by atoms with Crippen molar-refractivity contribution in [2.75, 3.05) is 11.0 Å². The van der Waals surface area contributed by atoms with Crippen molar-refractivity contribution in [3.8, 4) is 11.8 Å². The molecule has 0 unspecified atom stereocenters. The van der Waals surface area contributed by atoms with Gasteiger partial charge < -0.3 is 4.74 Å². The molecule has 1 aliphatic carbocycles. The number of anilines is 1. The van der Waals surface area contributed by atoms with E-state index in [2.05, 4.69) is 4.72 Å². The Morgan fingerprint density at radius 1 is 1.47 bits per heavy atom. The van der Waals surface area contributed by atoms with E-state index < -0.39 is 10.0 Å². The first-order chi connectivity index (χ1) is 7.99. The van der Waals surface area contributed by atoms with Crippen LogP contribution in [0.4, 0.5) is 5.69 Å². The molecule has 0 spiro atoms. The van der Waals surface area contributed by atoms with Gasteiger partial charge in [-0.25, -0.2) is 8.42 Å². The van der Waals surface area contributed by atoms with Crippen LogP contribution in [0.2, 0.25) is 0 Å². The number of rotatable bonds is 4. The molecule has 90 valence electrons. The number of hydrogen-bond acceptors (Lipinski definition) is 4. The highest BCUT2D eigenvalue weighted by Crippen LogP contribution is 2.32. The number of hydrogen-bond donors (Lipinski definition) is 1. The van der Waals surface area contributed by atoms with Gasteiger partial charge in [0.15, 0.2) is 0 Å². The van der Waals surface area contributed by atoms with Crippen LogP contribution in [0.5, 0.6) is 5.75 Å². The molecule has 0 atom stereocenters. The molecule has 0 aromatic heterocycles. The number of nitriles is 1. The first-order valence-corrected chi connectivity index (χ1v) is 7.06. The Bertz CT molecular complexity index is 571. The van der Waals surface area contributed by atoms with Crippen molar-refractivity contribution in [2.45, 2.75) is 18.9 Å². The molecule has 1 aromatic rings. The second-order valence-corrected chi connectivity index (χ2v) is 5.73. The van der Waals surface area contributed by atoms with Crippen molar-refractivity contribution in [3.05, 3.63) is 23.8 Å². The van der Waals surface area contributed by atoms with Gasteiger partial charge in [0.05, 0.1) is 18.0 Å². The third-order valence-corrected chi connectivity index (χ3v) is 2.84. The van der Waals surface area contributed by atoms with E-state index in [9.17, 15) is 8.42 Å². The Kier molecular flexibility index (Phi) is 2.94. The lowest BCUT2D eigenvalue weighted by atomic mass is 10.2. The zero-order chi connectivity index (χ0) is 12.5. The summed E-state index contributed by atoms with van der Waals surface area (Å²) in [7, 11) is -3.40. The minimum absolute atomic E-state index is 0.163. The van der Waals surface area contributed by atoms with Gasteiger partial charge in [0.1, 0.15) is 17.4 Å². The summed E-state index contributed by atoms with van der Waals surface area (Å²) in [5.74, 6) is 0.434. The Hall–Kier alpha value is -1.74. The van der Waals surface area contributed by atoms with Gasteiger partial charge in [-0.2, -0.15) is 5.26 Å². The summed E-state index contributed by atoms with van der Waals surface area (Å²) in [6, 6.07) is 6.84. The Morgan fingerprint density at radius 3 is 2.71 bits per heavy atom. The number of nitrogens with one attached hydrogen (secondary N) is 1. The summed E-state index contributed by atoms with van der Waals surface area (Å²) < 4.78 is 30.2. The lowest BCUT2D eigenvalue weighted by molar-refractivity contribution is 0.302. The lowest BCUT2D eigenvalue weighted by Crippen LogP contribution is -2.11. The maximum absolute atomic E-state index is 11.2. The van der Waals surface area contributed by atoms with Gasteiger partial charge in [-0.05, 0) is 25.0 Å². The molecule has 0 saturated heterocycles. The molecular formula is C11H12N2O3S. The second-order valence-electron chi connectivity index (χ2n) is 3.98. The average molecular weight is 252 g/mol. The summed E-state index contributed by atoms with van der Waals surface area (Å²) in [6.07, 6.45) is 3.17. The molecule has 1 N–H and O–H groups in total. The monoisotopic (exact) mass is 252 g/mol. The van der Waals surface area contributed by atoms with Crippen molar-refractivity contribution < 1.29 is 13.2 Å². The van der Waals surface area contributed by atoms with Gasteiger partial charge in [-0.15, -0.1) is 0 Å². The van der Waals surface area contributed by atoms with Crippen molar-refractivity contribution in [3.63, 3.8) is 0 Å². The predicted octanol–water partition coefficient (Wildman–Crippen LogP) is 1.47. The molecule has 0 radical (unpaired) electrons. The molecule has 0 heterocycles. The van der Waals surface area contributed by atoms with Crippen molar-refractivity contribution in [2.24, 2.45) is 0 Å². The summed E-state index contributed by atoms with van der Waals surface area (Å²) in [5.41, 5.74) is 0.484. The third-order valence-electron chi connectivity index (χ3n) is 2.25. The van der Waals surface area contributed by atoms with Crippen LogP contribution >= 0.6 is 0 Å². The van der Waals surface area contributed by atoms with Crippen molar-refractivity contribution >= 4 is 15.7 Å². The van der Waals surface area contributed by atoms with Crippen LogP contribution in [0.1, 0.15) is 18.4 Å². The summed E-state index contributed by atoms with van der Waals surface area (Å²) >= 11 is 0. The van der Waals surface area contributed by atoms with E-state index in [1.165, 1.54) is 0 Å². The zero-order valence-corrected chi connectivity index (χ0v) is 10.1. The molecule has 0 amide bonds. The maximum Gasteiger partial charge on any atom is 0.229 e. The van der Waals surface area contributed by atoms with E-state index in [-0.39, 0.29) is 17.4 Å². The van der Waals surface area contributed by atoms with Crippen molar-refractivity contribution in [1.82, 2.24) is 0 Å². The second kappa shape index (κ2) is 4.26. The van der Waals surface area contributed by atoms with Crippen LogP contribution in [0.3, 0.4) is 0 Å². The fourth-order valence-corrected chi connectivity index (χ4v) is 1.96. The summed E-state index contributed by atoms with van der Waals surface area (Å²) in [6.45, 7) is 0. The van der Waals surface area contributed by atoms with Crippen LogP contribution in [0.25, 0.3) is 0 Å². The predicted molar refractivity (Wildman–Crippen MR) is 63.3 cm³/mol. The smallest absolute Gasteiger partial charge is 0.229 e. The van der Waals surface area contributed by atoms with Crippen LogP contribution in [-0.4, -0.2) is 20.8 Å². The molecule has 1 fully saturated rings. The van der Waals surface area contributed by atoms with E-state index in [4.69, 9.17) is 10.00 Å². The van der Waals surface area contributed by atoms with E-state index >= 15 is 0 Å². The summed E-state index contributed by atoms with van der Waals surface area (Å²) in [5, 5.41) is 9.06. The van der Waals surface area contributed by atoms with Gasteiger partial charge in [-0.1, -0.05) is 6.07 Å². The Balaban J connectivity index is 2.35. The molecule has 6 heteroatoms. The SMILES string of the molecule is CS(=O)(=O)Nc1cccc(OC2CC2)c1C#N. The van der Waals surface area contributed by atoms with E-state index in [0.717, 1.165) is 19.1 Å². The fraction of sp³-hybridized carbons (Fsp3) is 0.364. The molecule has 5 nitrogen and oxygen atoms in total. The molecule has 1 saturated carbocycles. The average Bonchev–Trinajstić information content (AvgIpc) is 2.99. The Labute approximate surface area is 100 Å². The first-order valence-electron chi connectivity index (χ1n) is 5.17. The number of nitrogens with zero attached hydrogens (tertiary/aromatic N) is 1. The normalized spacial score (nSPS) is 15.1. The first kappa shape index (κ1) is 11.7. The van der Waals surface area contributed by atoms with Crippen molar-refractivity contribution in [1.29, 1.82) is 5.26 Å². The van der Waals surface area contributed by atoms with Crippen LogP contribution in [-0.2, 0) is 10.0 Å². The van der Waals surface area contributed by atoms with E-state index in [1.807, 2.05) is 6.07 Å². The highest BCUT2D eigenvalue weighted by Gasteiger charge is 2.25. The molecule has 0 bridgehead atoms. The maximum atomic E-state index is 11.2. The van der Waals surface area contributed by atoms with Gasteiger partial charge in [0.25, 0.3) is 0 Å².